The molecular formula is C12H22N2O3S. The minimum Gasteiger partial charge on any atom is -0.341 e. The highest BCUT2D eigenvalue weighted by Gasteiger charge is 2.32. The summed E-state index contributed by atoms with van der Waals surface area (Å²) < 4.78 is 24.8. The van der Waals surface area contributed by atoms with Gasteiger partial charge in [0.05, 0.1) is 6.26 Å². The van der Waals surface area contributed by atoms with Crippen LogP contribution in [0, 0.1) is 5.92 Å². The Kier molecular flexibility index (Phi) is 4.27. The van der Waals surface area contributed by atoms with Gasteiger partial charge < -0.3 is 4.90 Å². The summed E-state index contributed by atoms with van der Waals surface area (Å²) in [6.07, 6.45) is 7.68. The van der Waals surface area contributed by atoms with E-state index in [0.717, 1.165) is 12.8 Å². The maximum absolute atomic E-state index is 11.8. The largest absolute Gasteiger partial charge is 0.341 e. The van der Waals surface area contributed by atoms with E-state index in [1.54, 1.807) is 0 Å². The molecule has 0 spiro atoms. The zero-order valence-electron chi connectivity index (χ0n) is 10.9. The normalized spacial score (nSPS) is 26.8. The molecule has 5 nitrogen and oxygen atoms in total. The average Bonchev–Trinajstić information content (AvgIpc) is 2.58. The highest BCUT2D eigenvalue weighted by Crippen LogP contribution is 2.26. The van der Waals surface area contributed by atoms with Crippen molar-refractivity contribution >= 4 is 15.9 Å². The summed E-state index contributed by atoms with van der Waals surface area (Å²) in [6.45, 7) is 1.34. The van der Waals surface area contributed by atoms with Gasteiger partial charge in [0.25, 0.3) is 0 Å². The zero-order chi connectivity index (χ0) is 13.2. The lowest BCUT2D eigenvalue weighted by Crippen LogP contribution is -2.37. The Hall–Kier alpha value is -0.620. The van der Waals surface area contributed by atoms with Crippen molar-refractivity contribution in [2.45, 2.75) is 44.6 Å². The van der Waals surface area contributed by atoms with Crippen LogP contribution in [0.5, 0.6) is 0 Å². The third kappa shape index (κ3) is 3.95. The van der Waals surface area contributed by atoms with Crippen molar-refractivity contribution in [2.24, 2.45) is 5.92 Å². The van der Waals surface area contributed by atoms with Crippen molar-refractivity contribution in [3.63, 3.8) is 0 Å². The number of nitrogens with one attached hydrogen (secondary N) is 1. The Bertz CT molecular complexity index is 402. The Morgan fingerprint density at radius 2 is 1.94 bits per heavy atom. The first-order valence-electron chi connectivity index (χ1n) is 6.69. The standard InChI is InChI=1S/C12H22N2O3S/c1-18(16,17)13-11-7-12(15)14(9-11)8-10-5-3-2-4-6-10/h10-11,13H,2-9H2,1H3/t11-/m0/s1. The van der Waals surface area contributed by atoms with Crippen LogP contribution in [-0.4, -0.2) is 44.6 Å². The molecule has 18 heavy (non-hydrogen) atoms. The third-order valence-electron chi connectivity index (χ3n) is 3.80. The van der Waals surface area contributed by atoms with Crippen molar-refractivity contribution in [1.82, 2.24) is 9.62 Å². The van der Waals surface area contributed by atoms with E-state index in [0.29, 0.717) is 18.9 Å². The molecule has 1 N–H and O–H groups in total. The number of likely N-dealkylation sites (tertiary alicyclic amines) is 1. The first-order valence-corrected chi connectivity index (χ1v) is 8.58. The molecule has 2 fully saturated rings. The summed E-state index contributed by atoms with van der Waals surface area (Å²) >= 11 is 0. The summed E-state index contributed by atoms with van der Waals surface area (Å²) in [5.74, 6) is 0.696. The van der Waals surface area contributed by atoms with Crippen LogP contribution in [0.15, 0.2) is 0 Å². The van der Waals surface area contributed by atoms with Gasteiger partial charge in [0.15, 0.2) is 0 Å². The second-order valence-corrected chi connectivity index (χ2v) is 7.37. The van der Waals surface area contributed by atoms with Crippen molar-refractivity contribution in [1.29, 1.82) is 0 Å². The number of nitrogens with zero attached hydrogens (tertiary/aromatic N) is 1. The van der Waals surface area contributed by atoms with E-state index in [1.165, 1.54) is 32.1 Å². The van der Waals surface area contributed by atoms with E-state index in [9.17, 15) is 13.2 Å². The molecule has 1 atom stereocenters. The summed E-state index contributed by atoms with van der Waals surface area (Å²) in [5, 5.41) is 0. The molecular weight excluding hydrogens is 252 g/mol. The van der Waals surface area contributed by atoms with Crippen LogP contribution in [0.2, 0.25) is 0 Å². The van der Waals surface area contributed by atoms with Gasteiger partial charge in [0, 0.05) is 25.6 Å². The fourth-order valence-corrected chi connectivity index (χ4v) is 3.78. The van der Waals surface area contributed by atoms with Crippen LogP contribution < -0.4 is 4.72 Å². The summed E-state index contributed by atoms with van der Waals surface area (Å²) in [5.41, 5.74) is 0. The molecule has 0 aromatic rings. The molecule has 1 aliphatic carbocycles. The van der Waals surface area contributed by atoms with Crippen molar-refractivity contribution < 1.29 is 13.2 Å². The van der Waals surface area contributed by atoms with Crippen molar-refractivity contribution in [3.8, 4) is 0 Å². The van der Waals surface area contributed by atoms with Crippen LogP contribution in [0.1, 0.15) is 38.5 Å². The molecule has 104 valence electrons. The molecule has 1 saturated carbocycles. The summed E-state index contributed by atoms with van der Waals surface area (Å²) in [6, 6.07) is -0.240. The highest BCUT2D eigenvalue weighted by atomic mass is 32.2. The van der Waals surface area contributed by atoms with Crippen LogP contribution in [0.25, 0.3) is 0 Å². The predicted octanol–water partition coefficient (Wildman–Crippen LogP) is 0.717. The maximum Gasteiger partial charge on any atom is 0.224 e. The van der Waals surface area contributed by atoms with Gasteiger partial charge in [0.1, 0.15) is 0 Å². The van der Waals surface area contributed by atoms with E-state index < -0.39 is 10.0 Å². The van der Waals surface area contributed by atoms with Crippen LogP contribution in [0.3, 0.4) is 0 Å². The van der Waals surface area contributed by atoms with Gasteiger partial charge in [0.2, 0.25) is 15.9 Å². The Morgan fingerprint density at radius 1 is 1.28 bits per heavy atom. The van der Waals surface area contributed by atoms with E-state index in [-0.39, 0.29) is 11.9 Å². The number of rotatable bonds is 4. The molecule has 0 aromatic carbocycles. The van der Waals surface area contributed by atoms with E-state index in [2.05, 4.69) is 4.72 Å². The van der Waals surface area contributed by atoms with Gasteiger partial charge in [-0.3, -0.25) is 4.79 Å². The van der Waals surface area contributed by atoms with Gasteiger partial charge in [-0.1, -0.05) is 19.3 Å². The van der Waals surface area contributed by atoms with Crippen LogP contribution >= 0.6 is 0 Å². The summed E-state index contributed by atoms with van der Waals surface area (Å²) in [7, 11) is -3.22. The molecule has 0 unspecified atom stereocenters. The Morgan fingerprint density at radius 3 is 2.56 bits per heavy atom. The number of amides is 1. The zero-order valence-corrected chi connectivity index (χ0v) is 11.7. The first-order chi connectivity index (χ1) is 8.44. The monoisotopic (exact) mass is 274 g/mol. The van der Waals surface area contributed by atoms with Crippen molar-refractivity contribution in [3.05, 3.63) is 0 Å². The lowest BCUT2D eigenvalue weighted by atomic mass is 9.89. The second-order valence-electron chi connectivity index (χ2n) is 5.59. The number of sulfonamides is 1. The Labute approximate surface area is 109 Å². The van der Waals surface area contributed by atoms with Crippen LogP contribution in [0.4, 0.5) is 0 Å². The molecule has 6 heteroatoms. The molecule has 2 rings (SSSR count). The first kappa shape index (κ1) is 13.8. The van der Waals surface area contributed by atoms with E-state index in [1.807, 2.05) is 4.90 Å². The lowest BCUT2D eigenvalue weighted by Gasteiger charge is -2.27. The van der Waals surface area contributed by atoms with E-state index >= 15 is 0 Å². The minimum atomic E-state index is -3.22. The number of carbonyl (C=O) groups excluding carboxylic acids is 1. The smallest absolute Gasteiger partial charge is 0.224 e. The topological polar surface area (TPSA) is 66.5 Å². The summed E-state index contributed by atoms with van der Waals surface area (Å²) in [4.78, 5) is 13.7. The number of hydrogen-bond acceptors (Lipinski definition) is 3. The molecule has 1 heterocycles. The van der Waals surface area contributed by atoms with Crippen molar-refractivity contribution in [2.75, 3.05) is 19.3 Å². The molecule has 1 aliphatic heterocycles. The molecule has 1 amide bonds. The third-order valence-corrected chi connectivity index (χ3v) is 4.56. The quantitative estimate of drug-likeness (QED) is 0.821. The molecule has 0 aromatic heterocycles. The fourth-order valence-electron chi connectivity index (χ4n) is 3.01. The Balaban J connectivity index is 1.85. The number of carbonyl (C=O) groups is 1. The van der Waals surface area contributed by atoms with Gasteiger partial charge in [-0.05, 0) is 18.8 Å². The van der Waals surface area contributed by atoms with Crippen LogP contribution in [-0.2, 0) is 14.8 Å². The minimum absolute atomic E-state index is 0.0849. The van der Waals surface area contributed by atoms with E-state index in [4.69, 9.17) is 0 Å². The molecule has 1 saturated heterocycles. The lowest BCUT2D eigenvalue weighted by molar-refractivity contribution is -0.128. The number of hydrogen-bond donors (Lipinski definition) is 1. The highest BCUT2D eigenvalue weighted by molar-refractivity contribution is 7.88. The maximum atomic E-state index is 11.8. The van der Waals surface area contributed by atoms with Gasteiger partial charge in [-0.2, -0.15) is 0 Å². The van der Waals surface area contributed by atoms with Gasteiger partial charge >= 0.3 is 0 Å². The molecule has 0 bridgehead atoms. The SMILES string of the molecule is CS(=O)(=O)N[C@H]1CC(=O)N(CC2CCCCC2)C1. The second kappa shape index (κ2) is 5.57. The van der Waals surface area contributed by atoms with Gasteiger partial charge in [-0.25, -0.2) is 13.1 Å². The predicted molar refractivity (Wildman–Crippen MR) is 69.5 cm³/mol. The molecule has 2 aliphatic rings. The average molecular weight is 274 g/mol. The van der Waals surface area contributed by atoms with Gasteiger partial charge in [-0.15, -0.1) is 0 Å². The molecule has 0 radical (unpaired) electrons. The fraction of sp³-hybridized carbons (Fsp3) is 0.917.